The summed E-state index contributed by atoms with van der Waals surface area (Å²) in [5, 5.41) is 2.69. The molecular weight excluding hydrogens is 432 g/mol. The van der Waals surface area contributed by atoms with Gasteiger partial charge in [-0.15, -0.1) is 11.3 Å². The Morgan fingerprint density at radius 1 is 1.24 bits per heavy atom. The maximum absolute atomic E-state index is 12.2. The molecule has 25 heavy (non-hydrogen) atoms. The third kappa shape index (κ3) is 4.49. The summed E-state index contributed by atoms with van der Waals surface area (Å²) in [5.74, 6) is -0.994. The monoisotopic (exact) mass is 444 g/mol. The van der Waals surface area contributed by atoms with E-state index in [4.69, 9.17) is 16.3 Å². The molecule has 0 saturated carbocycles. The number of thiazole rings is 1. The van der Waals surface area contributed by atoms with Gasteiger partial charge in [0.15, 0.2) is 5.13 Å². The van der Waals surface area contributed by atoms with Crippen molar-refractivity contribution in [2.75, 3.05) is 31.2 Å². The zero-order valence-electron chi connectivity index (χ0n) is 12.9. The van der Waals surface area contributed by atoms with Crippen molar-refractivity contribution in [2.24, 2.45) is 0 Å². The first kappa shape index (κ1) is 18.1. The second-order valence-corrected chi connectivity index (χ2v) is 7.31. The van der Waals surface area contributed by atoms with Crippen LogP contribution >= 0.6 is 38.9 Å². The van der Waals surface area contributed by atoms with E-state index in [0.29, 0.717) is 13.2 Å². The van der Waals surface area contributed by atoms with Gasteiger partial charge in [0.05, 0.1) is 23.8 Å². The van der Waals surface area contributed by atoms with Crippen molar-refractivity contribution in [3.8, 4) is 0 Å². The number of benzene rings is 1. The molecule has 1 fully saturated rings. The predicted octanol–water partition coefficient (Wildman–Crippen LogP) is 2.47. The van der Waals surface area contributed by atoms with Gasteiger partial charge >= 0.3 is 0 Å². The van der Waals surface area contributed by atoms with Crippen LogP contribution in [0, 0.1) is 0 Å². The van der Waals surface area contributed by atoms with E-state index >= 15 is 0 Å². The number of hydrazine groups is 1. The van der Waals surface area contributed by atoms with E-state index < -0.39 is 11.8 Å². The number of aromatic nitrogens is 1. The molecule has 10 heteroatoms. The number of amides is 2. The number of carbonyl (C=O) groups excluding carboxylic acids is 2. The molecule has 2 aromatic rings. The topological polar surface area (TPSA) is 83.6 Å². The van der Waals surface area contributed by atoms with Crippen molar-refractivity contribution in [2.45, 2.75) is 0 Å². The fourth-order valence-corrected chi connectivity index (χ4v) is 3.81. The molecule has 0 unspecified atom stereocenters. The first-order valence-corrected chi connectivity index (χ1v) is 9.43. The van der Waals surface area contributed by atoms with E-state index in [1.54, 1.807) is 23.6 Å². The molecule has 132 valence electrons. The summed E-state index contributed by atoms with van der Waals surface area (Å²) in [5.41, 5.74) is 5.19. The van der Waals surface area contributed by atoms with E-state index in [0.717, 1.165) is 22.7 Å². The van der Waals surface area contributed by atoms with E-state index in [-0.39, 0.29) is 16.3 Å². The lowest BCUT2D eigenvalue weighted by atomic mass is 10.2. The minimum Gasteiger partial charge on any atom is -0.378 e. The van der Waals surface area contributed by atoms with Crippen LogP contribution in [0.25, 0.3) is 0 Å². The van der Waals surface area contributed by atoms with Crippen LogP contribution in [-0.2, 0) is 4.74 Å². The molecule has 1 aromatic heterocycles. The summed E-state index contributed by atoms with van der Waals surface area (Å²) in [6, 6.07) is 4.86. The smallest absolute Gasteiger partial charge is 0.289 e. The second kappa shape index (κ2) is 8.13. The SMILES string of the molecule is O=C(NNC(=O)c1ccc(Br)cc1Cl)c1csc(N2CCOCC2)n1. The molecule has 3 rings (SSSR count). The quantitative estimate of drug-likeness (QED) is 0.709. The average molecular weight is 446 g/mol. The highest BCUT2D eigenvalue weighted by Crippen LogP contribution is 2.22. The van der Waals surface area contributed by atoms with Crippen LogP contribution < -0.4 is 15.8 Å². The van der Waals surface area contributed by atoms with Gasteiger partial charge in [-0.25, -0.2) is 4.98 Å². The zero-order valence-corrected chi connectivity index (χ0v) is 16.1. The number of halogens is 2. The third-order valence-electron chi connectivity index (χ3n) is 3.47. The normalized spacial score (nSPS) is 14.2. The standard InChI is InChI=1S/C15H14BrClN4O3S/c16-9-1-2-10(11(17)7-9)13(22)19-20-14(23)12-8-25-15(18-12)21-3-5-24-6-4-21/h1-2,7-8H,3-6H2,(H,19,22)(H,20,23). The van der Waals surface area contributed by atoms with Gasteiger partial charge < -0.3 is 9.64 Å². The van der Waals surface area contributed by atoms with Gasteiger partial charge in [-0.2, -0.15) is 0 Å². The molecule has 2 N–H and O–H groups in total. The molecule has 0 radical (unpaired) electrons. The number of anilines is 1. The average Bonchev–Trinajstić information content (AvgIpc) is 3.10. The van der Waals surface area contributed by atoms with Gasteiger partial charge in [-0.05, 0) is 18.2 Å². The lowest BCUT2D eigenvalue weighted by molar-refractivity contribution is 0.0844. The number of rotatable bonds is 3. The maximum Gasteiger partial charge on any atom is 0.289 e. The lowest BCUT2D eigenvalue weighted by Crippen LogP contribution is -2.42. The summed E-state index contributed by atoms with van der Waals surface area (Å²) in [6.07, 6.45) is 0. The highest BCUT2D eigenvalue weighted by atomic mass is 79.9. The molecule has 1 aliphatic rings. The second-order valence-electron chi connectivity index (χ2n) is 5.15. The van der Waals surface area contributed by atoms with Gasteiger partial charge in [0.2, 0.25) is 0 Å². The van der Waals surface area contributed by atoms with Gasteiger partial charge in [-0.3, -0.25) is 20.4 Å². The zero-order chi connectivity index (χ0) is 17.8. The molecule has 0 atom stereocenters. The molecule has 0 spiro atoms. The van der Waals surface area contributed by atoms with E-state index in [1.807, 2.05) is 0 Å². The van der Waals surface area contributed by atoms with Crippen molar-refractivity contribution in [1.82, 2.24) is 15.8 Å². The molecule has 1 aliphatic heterocycles. The maximum atomic E-state index is 12.2. The van der Waals surface area contributed by atoms with Gasteiger partial charge in [0.1, 0.15) is 5.69 Å². The summed E-state index contributed by atoms with van der Waals surface area (Å²) in [6.45, 7) is 2.77. The number of ether oxygens (including phenoxy) is 1. The number of hydrogen-bond acceptors (Lipinski definition) is 6. The van der Waals surface area contributed by atoms with Gasteiger partial charge in [-0.1, -0.05) is 27.5 Å². The van der Waals surface area contributed by atoms with Crippen molar-refractivity contribution in [3.63, 3.8) is 0 Å². The number of nitrogens with zero attached hydrogens (tertiary/aromatic N) is 2. The van der Waals surface area contributed by atoms with Gasteiger partial charge in [0.25, 0.3) is 11.8 Å². The minimum absolute atomic E-state index is 0.244. The Balaban J connectivity index is 1.59. The van der Waals surface area contributed by atoms with Crippen molar-refractivity contribution < 1.29 is 14.3 Å². The van der Waals surface area contributed by atoms with Crippen LogP contribution in [0.5, 0.6) is 0 Å². The third-order valence-corrected chi connectivity index (χ3v) is 5.18. The molecule has 2 amide bonds. The van der Waals surface area contributed by atoms with E-state index in [9.17, 15) is 9.59 Å². The Morgan fingerprint density at radius 3 is 2.68 bits per heavy atom. The highest BCUT2D eigenvalue weighted by molar-refractivity contribution is 9.10. The first-order valence-electron chi connectivity index (χ1n) is 7.38. The highest BCUT2D eigenvalue weighted by Gasteiger charge is 2.18. The molecule has 0 bridgehead atoms. The van der Waals surface area contributed by atoms with Crippen LogP contribution in [0.4, 0.5) is 5.13 Å². The van der Waals surface area contributed by atoms with Crippen LogP contribution in [-0.4, -0.2) is 43.1 Å². The summed E-state index contributed by atoms with van der Waals surface area (Å²) < 4.78 is 6.05. The Hall–Kier alpha value is -1.68. The van der Waals surface area contributed by atoms with Crippen molar-refractivity contribution in [1.29, 1.82) is 0 Å². The van der Waals surface area contributed by atoms with Crippen LogP contribution in [0.1, 0.15) is 20.8 Å². The summed E-state index contributed by atoms with van der Waals surface area (Å²) in [4.78, 5) is 30.6. The van der Waals surface area contributed by atoms with Crippen LogP contribution in [0.3, 0.4) is 0 Å². The number of hydrogen-bond donors (Lipinski definition) is 2. The molecule has 0 aliphatic carbocycles. The van der Waals surface area contributed by atoms with E-state index in [2.05, 4.69) is 36.7 Å². The minimum atomic E-state index is -0.505. The first-order chi connectivity index (χ1) is 12.0. The number of nitrogens with one attached hydrogen (secondary N) is 2. The van der Waals surface area contributed by atoms with Crippen molar-refractivity contribution >= 4 is 55.8 Å². The Labute approximate surface area is 161 Å². The Morgan fingerprint density at radius 2 is 1.96 bits per heavy atom. The predicted molar refractivity (Wildman–Crippen MR) is 99.2 cm³/mol. The number of carbonyl (C=O) groups is 2. The fourth-order valence-electron chi connectivity index (χ4n) is 2.19. The summed E-state index contributed by atoms with van der Waals surface area (Å²) in [7, 11) is 0. The molecule has 1 saturated heterocycles. The molecular formula is C15H14BrClN4O3S. The van der Waals surface area contributed by atoms with Gasteiger partial charge in [0, 0.05) is 22.9 Å². The molecule has 1 aromatic carbocycles. The largest absolute Gasteiger partial charge is 0.378 e. The number of morpholine rings is 1. The Kier molecular flexibility index (Phi) is 5.89. The van der Waals surface area contributed by atoms with Crippen LogP contribution in [0.15, 0.2) is 28.1 Å². The summed E-state index contributed by atoms with van der Waals surface area (Å²) >= 11 is 10.7. The lowest BCUT2D eigenvalue weighted by Gasteiger charge is -2.25. The van der Waals surface area contributed by atoms with Crippen molar-refractivity contribution in [3.05, 3.63) is 44.3 Å². The Bertz CT molecular complexity index is 795. The fraction of sp³-hybridized carbons (Fsp3) is 0.267. The molecule has 2 heterocycles. The molecule has 7 nitrogen and oxygen atoms in total. The van der Waals surface area contributed by atoms with Crippen LogP contribution in [0.2, 0.25) is 5.02 Å². The van der Waals surface area contributed by atoms with E-state index in [1.165, 1.54) is 11.3 Å².